The molecule has 3 aromatic rings. The second kappa shape index (κ2) is 8.75. The van der Waals surface area contributed by atoms with E-state index in [2.05, 4.69) is 26.4 Å². The first-order chi connectivity index (χ1) is 14.1. The molecule has 8 heteroatoms. The molecule has 0 spiro atoms. The van der Waals surface area contributed by atoms with Gasteiger partial charge in [0.25, 0.3) is 0 Å². The van der Waals surface area contributed by atoms with Crippen molar-refractivity contribution in [1.29, 1.82) is 0 Å². The third-order valence-corrected chi connectivity index (χ3v) is 5.09. The van der Waals surface area contributed by atoms with Crippen LogP contribution in [-0.4, -0.2) is 51.2 Å². The minimum absolute atomic E-state index is 0.0521. The summed E-state index contributed by atoms with van der Waals surface area (Å²) >= 11 is 0. The number of aromatic amines is 1. The van der Waals surface area contributed by atoms with Crippen molar-refractivity contribution in [1.82, 2.24) is 24.9 Å². The molecule has 1 atom stereocenters. The molecule has 0 amide bonds. The smallest absolute Gasteiger partial charge is 0.123 e. The number of nitrogens with one attached hydrogen (secondary N) is 1. The van der Waals surface area contributed by atoms with E-state index in [9.17, 15) is 4.39 Å². The monoisotopic (exact) mass is 399 g/mol. The number of rotatable bonds is 7. The van der Waals surface area contributed by atoms with Gasteiger partial charge in [-0.3, -0.25) is 14.7 Å². The molecule has 29 heavy (non-hydrogen) atoms. The first-order valence-corrected chi connectivity index (χ1v) is 9.82. The van der Waals surface area contributed by atoms with E-state index < -0.39 is 0 Å². The Bertz CT molecular complexity index is 937. The molecule has 0 aliphatic carbocycles. The summed E-state index contributed by atoms with van der Waals surface area (Å²) in [7, 11) is 1.95. The molecule has 1 N–H and O–H groups in total. The summed E-state index contributed by atoms with van der Waals surface area (Å²) in [5, 5.41) is 11.9. The topological polar surface area (TPSA) is 68.2 Å². The largest absolute Gasteiger partial charge is 0.493 e. The molecule has 3 heterocycles. The van der Waals surface area contributed by atoms with Gasteiger partial charge in [-0.2, -0.15) is 10.2 Å². The summed E-state index contributed by atoms with van der Waals surface area (Å²) in [4.78, 5) is 2.38. The molecule has 1 fully saturated rings. The van der Waals surface area contributed by atoms with E-state index in [1.54, 1.807) is 12.1 Å². The lowest BCUT2D eigenvalue weighted by Gasteiger charge is -2.31. The maximum Gasteiger partial charge on any atom is 0.123 e. The van der Waals surface area contributed by atoms with Crippen LogP contribution < -0.4 is 4.74 Å². The van der Waals surface area contributed by atoms with Crippen LogP contribution in [0.2, 0.25) is 0 Å². The Morgan fingerprint density at radius 2 is 2.14 bits per heavy atom. The van der Waals surface area contributed by atoms with E-state index in [4.69, 9.17) is 9.47 Å². The first kappa shape index (κ1) is 19.6. The maximum atomic E-state index is 12.9. The van der Waals surface area contributed by atoms with Crippen LogP contribution in [0.15, 0.2) is 36.5 Å². The average molecular weight is 399 g/mol. The van der Waals surface area contributed by atoms with Gasteiger partial charge in [0, 0.05) is 50.6 Å². The zero-order valence-electron chi connectivity index (χ0n) is 16.8. The van der Waals surface area contributed by atoms with Crippen molar-refractivity contribution < 1.29 is 13.9 Å². The van der Waals surface area contributed by atoms with Crippen LogP contribution in [0, 0.1) is 12.7 Å². The van der Waals surface area contributed by atoms with Crippen LogP contribution in [0.5, 0.6) is 5.75 Å². The highest BCUT2D eigenvalue weighted by Gasteiger charge is 2.25. The molecule has 0 radical (unpaired) electrons. The van der Waals surface area contributed by atoms with Gasteiger partial charge in [0.1, 0.15) is 17.7 Å². The van der Waals surface area contributed by atoms with E-state index in [1.165, 1.54) is 17.7 Å². The van der Waals surface area contributed by atoms with E-state index in [-0.39, 0.29) is 11.9 Å². The van der Waals surface area contributed by atoms with Gasteiger partial charge in [0.05, 0.1) is 24.6 Å². The van der Waals surface area contributed by atoms with E-state index in [0.717, 1.165) is 36.7 Å². The van der Waals surface area contributed by atoms with Crippen molar-refractivity contribution in [3.63, 3.8) is 0 Å². The summed E-state index contributed by atoms with van der Waals surface area (Å²) in [6.45, 7) is 5.77. The van der Waals surface area contributed by atoms with Gasteiger partial charge >= 0.3 is 0 Å². The van der Waals surface area contributed by atoms with Gasteiger partial charge in [0.15, 0.2) is 0 Å². The summed E-state index contributed by atoms with van der Waals surface area (Å²) in [6, 6.07) is 8.08. The standard InChI is InChI=1S/C21H26FN5O2/c1-15-16(12-26(2)25-15)13-27-8-10-29-21(14-27)20-11-18(23-24-20)7-9-28-19-5-3-17(22)4-6-19/h3-6,11-12,21H,7-10,13-14H2,1-2H3,(H,23,24)/t21-/m1/s1. The third kappa shape index (κ3) is 5.02. The number of aryl methyl sites for hydroxylation is 2. The second-order valence-corrected chi connectivity index (χ2v) is 7.38. The fourth-order valence-electron chi connectivity index (χ4n) is 3.55. The molecule has 1 aliphatic rings. The van der Waals surface area contributed by atoms with Gasteiger partial charge in [-0.1, -0.05) is 0 Å². The molecule has 1 aliphatic heterocycles. The minimum atomic E-state index is -0.268. The molecule has 1 saturated heterocycles. The van der Waals surface area contributed by atoms with Gasteiger partial charge in [-0.05, 0) is 37.3 Å². The van der Waals surface area contributed by atoms with E-state index in [1.807, 2.05) is 24.7 Å². The van der Waals surface area contributed by atoms with Crippen LogP contribution in [0.1, 0.15) is 28.7 Å². The number of benzene rings is 1. The highest BCUT2D eigenvalue weighted by molar-refractivity contribution is 5.22. The number of hydrogen-bond acceptors (Lipinski definition) is 5. The van der Waals surface area contributed by atoms with Crippen molar-refractivity contribution >= 4 is 0 Å². The number of ether oxygens (including phenoxy) is 2. The van der Waals surface area contributed by atoms with Crippen LogP contribution in [-0.2, 0) is 24.8 Å². The Kier molecular flexibility index (Phi) is 5.92. The number of aromatic nitrogens is 4. The number of nitrogens with zero attached hydrogens (tertiary/aromatic N) is 4. The average Bonchev–Trinajstić information content (AvgIpc) is 3.30. The molecule has 0 bridgehead atoms. The summed E-state index contributed by atoms with van der Waals surface area (Å²) in [6.07, 6.45) is 2.72. The van der Waals surface area contributed by atoms with Crippen LogP contribution in [0.3, 0.4) is 0 Å². The zero-order chi connectivity index (χ0) is 20.2. The summed E-state index contributed by atoms with van der Waals surface area (Å²) in [5.74, 6) is 0.388. The quantitative estimate of drug-likeness (QED) is 0.662. The molecule has 154 valence electrons. The van der Waals surface area contributed by atoms with Crippen molar-refractivity contribution in [2.75, 3.05) is 26.3 Å². The molecule has 0 saturated carbocycles. The van der Waals surface area contributed by atoms with Crippen molar-refractivity contribution in [2.24, 2.45) is 7.05 Å². The fourth-order valence-corrected chi connectivity index (χ4v) is 3.55. The molecule has 7 nitrogen and oxygen atoms in total. The Labute approximate surface area is 169 Å². The Balaban J connectivity index is 1.30. The fraction of sp³-hybridized carbons (Fsp3) is 0.429. The molecule has 0 unspecified atom stereocenters. The van der Waals surface area contributed by atoms with Crippen molar-refractivity contribution in [2.45, 2.75) is 26.0 Å². The highest BCUT2D eigenvalue weighted by atomic mass is 19.1. The number of morpholine rings is 1. The molecule has 4 rings (SSSR count). The Morgan fingerprint density at radius 3 is 2.90 bits per heavy atom. The van der Waals surface area contributed by atoms with E-state index >= 15 is 0 Å². The predicted octanol–water partition coefficient (Wildman–Crippen LogP) is 2.79. The second-order valence-electron chi connectivity index (χ2n) is 7.38. The SMILES string of the molecule is Cc1nn(C)cc1CN1CCO[C@@H](c2cc(CCOc3ccc(F)cc3)[nH]n2)C1. The lowest BCUT2D eigenvalue weighted by molar-refractivity contribution is -0.0350. The zero-order valence-corrected chi connectivity index (χ0v) is 16.8. The molecule has 2 aromatic heterocycles. The maximum absolute atomic E-state index is 12.9. The molecular formula is C21H26FN5O2. The number of halogens is 1. The van der Waals surface area contributed by atoms with Crippen LogP contribution in [0.25, 0.3) is 0 Å². The highest BCUT2D eigenvalue weighted by Crippen LogP contribution is 2.23. The van der Waals surface area contributed by atoms with E-state index in [0.29, 0.717) is 25.4 Å². The Morgan fingerprint density at radius 1 is 1.31 bits per heavy atom. The summed E-state index contributed by atoms with van der Waals surface area (Å²) < 4.78 is 26.4. The number of hydrogen-bond donors (Lipinski definition) is 1. The van der Waals surface area contributed by atoms with Gasteiger partial charge in [-0.25, -0.2) is 4.39 Å². The van der Waals surface area contributed by atoms with Crippen LogP contribution >= 0.6 is 0 Å². The van der Waals surface area contributed by atoms with Gasteiger partial charge in [0.2, 0.25) is 0 Å². The van der Waals surface area contributed by atoms with Crippen molar-refractivity contribution in [3.8, 4) is 5.75 Å². The minimum Gasteiger partial charge on any atom is -0.493 e. The van der Waals surface area contributed by atoms with Crippen molar-refractivity contribution in [3.05, 3.63) is 65.0 Å². The number of H-pyrrole nitrogens is 1. The van der Waals surface area contributed by atoms with Crippen LogP contribution in [0.4, 0.5) is 4.39 Å². The van der Waals surface area contributed by atoms with Gasteiger partial charge in [-0.15, -0.1) is 0 Å². The summed E-state index contributed by atoms with van der Waals surface area (Å²) in [5.41, 5.74) is 4.22. The third-order valence-electron chi connectivity index (χ3n) is 5.09. The molecular weight excluding hydrogens is 373 g/mol. The lowest BCUT2D eigenvalue weighted by atomic mass is 10.1. The predicted molar refractivity (Wildman–Crippen MR) is 106 cm³/mol. The Hall–Kier alpha value is -2.71. The first-order valence-electron chi connectivity index (χ1n) is 9.82. The lowest BCUT2D eigenvalue weighted by Crippen LogP contribution is -2.38. The van der Waals surface area contributed by atoms with Gasteiger partial charge < -0.3 is 9.47 Å². The molecule has 1 aromatic carbocycles. The normalized spacial score (nSPS) is 17.6.